The van der Waals surface area contributed by atoms with Gasteiger partial charge in [-0.2, -0.15) is 0 Å². The Morgan fingerprint density at radius 3 is 2.53 bits per heavy atom. The van der Waals surface area contributed by atoms with Crippen LogP contribution in [0.3, 0.4) is 0 Å². The number of carbonyl (C=O) groups is 1. The lowest BCUT2D eigenvalue weighted by Crippen LogP contribution is -2.28. The largest absolute Gasteiger partial charge is 0.352 e. The van der Waals surface area contributed by atoms with Gasteiger partial charge in [-0.25, -0.2) is 4.98 Å². The number of rotatable bonds is 9. The van der Waals surface area contributed by atoms with Crippen molar-refractivity contribution < 1.29 is 4.79 Å². The maximum absolute atomic E-state index is 12.7. The number of para-hydroxylation sites is 1. The fourth-order valence-electron chi connectivity index (χ4n) is 3.57. The van der Waals surface area contributed by atoms with E-state index in [0.717, 1.165) is 30.8 Å². The van der Waals surface area contributed by atoms with Gasteiger partial charge < -0.3 is 5.32 Å². The van der Waals surface area contributed by atoms with Crippen molar-refractivity contribution in [3.63, 3.8) is 0 Å². The topological polar surface area (TPSA) is 67.2 Å². The van der Waals surface area contributed by atoms with Gasteiger partial charge in [-0.05, 0) is 42.8 Å². The molecule has 6 nitrogen and oxygen atoms in total. The van der Waals surface area contributed by atoms with Crippen LogP contribution in [0, 0.1) is 6.92 Å². The van der Waals surface area contributed by atoms with E-state index in [9.17, 15) is 9.59 Å². The van der Waals surface area contributed by atoms with E-state index in [1.54, 1.807) is 6.07 Å². The highest BCUT2D eigenvalue weighted by Crippen LogP contribution is 2.13. The quantitative estimate of drug-likeness (QED) is 0.592. The highest BCUT2D eigenvalue weighted by atomic mass is 16.1. The first-order valence-corrected chi connectivity index (χ1v) is 10.5. The second-order valence-electron chi connectivity index (χ2n) is 7.47. The average Bonchev–Trinajstić information content (AvgIpc) is 2.76. The third-order valence-electron chi connectivity index (χ3n) is 5.52. The van der Waals surface area contributed by atoms with Gasteiger partial charge in [0.1, 0.15) is 0 Å². The Balaban J connectivity index is 1.61. The first-order chi connectivity index (χ1) is 14.5. The molecule has 0 radical (unpaired) electrons. The van der Waals surface area contributed by atoms with Crippen molar-refractivity contribution in [2.45, 2.75) is 46.8 Å². The molecule has 3 rings (SSSR count). The molecule has 0 aliphatic carbocycles. The molecule has 1 amide bonds. The third-order valence-corrected chi connectivity index (χ3v) is 5.52. The Bertz CT molecular complexity index is 1070. The predicted octanol–water partition coefficient (Wildman–Crippen LogP) is 3.25. The lowest BCUT2D eigenvalue weighted by atomic mass is 10.1. The molecule has 6 heteroatoms. The number of hydrogen-bond acceptors (Lipinski definition) is 4. The van der Waals surface area contributed by atoms with Crippen molar-refractivity contribution in [3.8, 4) is 0 Å². The predicted molar refractivity (Wildman–Crippen MR) is 120 cm³/mol. The molecule has 158 valence electrons. The standard InChI is InChI=1S/C24H30N4O2/c1-4-27(5-2)16-20-11-7-6-10-19(20)15-25-22(29)13-14-28-17-26-23-18(3)9-8-12-21(23)24(28)30/h6-12,17H,4-5,13-16H2,1-3H3,(H,25,29). The van der Waals surface area contributed by atoms with Gasteiger partial charge in [0.05, 0.1) is 17.2 Å². The molecular weight excluding hydrogens is 376 g/mol. The van der Waals surface area contributed by atoms with Crippen LogP contribution in [0.1, 0.15) is 37.0 Å². The summed E-state index contributed by atoms with van der Waals surface area (Å²) in [5, 5.41) is 3.58. The molecular formula is C24H30N4O2. The van der Waals surface area contributed by atoms with Gasteiger partial charge in [-0.1, -0.05) is 50.2 Å². The summed E-state index contributed by atoms with van der Waals surface area (Å²) in [7, 11) is 0. The lowest BCUT2D eigenvalue weighted by Gasteiger charge is -2.20. The second-order valence-corrected chi connectivity index (χ2v) is 7.47. The van der Waals surface area contributed by atoms with Gasteiger partial charge in [-0.15, -0.1) is 0 Å². The van der Waals surface area contributed by atoms with Crippen molar-refractivity contribution in [3.05, 3.63) is 75.8 Å². The molecule has 0 atom stereocenters. The van der Waals surface area contributed by atoms with Crippen molar-refractivity contribution in [1.29, 1.82) is 0 Å². The van der Waals surface area contributed by atoms with Crippen molar-refractivity contribution in [1.82, 2.24) is 19.8 Å². The van der Waals surface area contributed by atoms with Gasteiger partial charge in [0.15, 0.2) is 0 Å². The summed E-state index contributed by atoms with van der Waals surface area (Å²) in [6.45, 7) is 9.89. The van der Waals surface area contributed by atoms with Gasteiger partial charge in [0.25, 0.3) is 5.56 Å². The number of hydrogen-bond donors (Lipinski definition) is 1. The van der Waals surface area contributed by atoms with Crippen molar-refractivity contribution in [2.24, 2.45) is 0 Å². The fourth-order valence-corrected chi connectivity index (χ4v) is 3.57. The number of amides is 1. The summed E-state index contributed by atoms with van der Waals surface area (Å²) in [6.07, 6.45) is 1.77. The Morgan fingerprint density at radius 1 is 1.07 bits per heavy atom. The number of nitrogens with one attached hydrogen (secondary N) is 1. The van der Waals surface area contributed by atoms with Crippen LogP contribution in [-0.4, -0.2) is 33.4 Å². The molecule has 0 bridgehead atoms. The zero-order valence-corrected chi connectivity index (χ0v) is 18.0. The minimum absolute atomic E-state index is 0.0797. The minimum atomic E-state index is -0.110. The molecule has 0 aliphatic heterocycles. The van der Waals surface area contributed by atoms with Crippen LogP contribution in [-0.2, 0) is 24.4 Å². The number of carbonyl (C=O) groups excluding carboxylic acids is 1. The Morgan fingerprint density at radius 2 is 1.80 bits per heavy atom. The summed E-state index contributed by atoms with van der Waals surface area (Å²) in [6, 6.07) is 13.8. The summed E-state index contributed by atoms with van der Waals surface area (Å²) in [4.78, 5) is 31.8. The van der Waals surface area contributed by atoms with Gasteiger partial charge >= 0.3 is 0 Å². The van der Waals surface area contributed by atoms with Gasteiger partial charge in [0.2, 0.25) is 5.91 Å². The fraction of sp³-hybridized carbons (Fsp3) is 0.375. The zero-order chi connectivity index (χ0) is 21.5. The number of aromatic nitrogens is 2. The number of aryl methyl sites for hydroxylation is 2. The van der Waals surface area contributed by atoms with Crippen molar-refractivity contribution >= 4 is 16.8 Å². The van der Waals surface area contributed by atoms with E-state index in [-0.39, 0.29) is 17.9 Å². The van der Waals surface area contributed by atoms with Crippen LogP contribution in [0.5, 0.6) is 0 Å². The maximum Gasteiger partial charge on any atom is 0.261 e. The Hall–Kier alpha value is -2.99. The van der Waals surface area contributed by atoms with E-state index in [4.69, 9.17) is 0 Å². The van der Waals surface area contributed by atoms with Crippen LogP contribution in [0.15, 0.2) is 53.6 Å². The first kappa shape index (κ1) is 21.7. The van der Waals surface area contributed by atoms with E-state index >= 15 is 0 Å². The molecule has 3 aromatic rings. The molecule has 1 N–H and O–H groups in total. The van der Waals surface area contributed by atoms with E-state index < -0.39 is 0 Å². The summed E-state index contributed by atoms with van der Waals surface area (Å²) in [5.74, 6) is -0.0797. The van der Waals surface area contributed by atoms with E-state index in [1.165, 1.54) is 16.5 Å². The monoisotopic (exact) mass is 406 g/mol. The molecule has 30 heavy (non-hydrogen) atoms. The smallest absolute Gasteiger partial charge is 0.261 e. The molecule has 1 aromatic heterocycles. The van der Waals surface area contributed by atoms with E-state index in [2.05, 4.69) is 41.2 Å². The first-order valence-electron chi connectivity index (χ1n) is 10.5. The van der Waals surface area contributed by atoms with E-state index in [1.807, 2.05) is 31.2 Å². The van der Waals surface area contributed by atoms with Crippen LogP contribution < -0.4 is 10.9 Å². The molecule has 0 saturated heterocycles. The Kier molecular flexibility index (Phi) is 7.36. The van der Waals surface area contributed by atoms with Crippen LogP contribution >= 0.6 is 0 Å². The second kappa shape index (κ2) is 10.2. The summed E-state index contributed by atoms with van der Waals surface area (Å²) >= 11 is 0. The van der Waals surface area contributed by atoms with Crippen LogP contribution in [0.2, 0.25) is 0 Å². The molecule has 0 saturated carbocycles. The highest BCUT2D eigenvalue weighted by Gasteiger charge is 2.10. The maximum atomic E-state index is 12.7. The van der Waals surface area contributed by atoms with Gasteiger partial charge in [-0.3, -0.25) is 19.1 Å². The van der Waals surface area contributed by atoms with Crippen LogP contribution in [0.4, 0.5) is 0 Å². The molecule has 0 spiro atoms. The number of fused-ring (bicyclic) bond motifs is 1. The summed E-state index contributed by atoms with van der Waals surface area (Å²) < 4.78 is 1.51. The zero-order valence-electron chi connectivity index (χ0n) is 18.0. The SMILES string of the molecule is CCN(CC)Cc1ccccc1CNC(=O)CCn1cnc2c(C)cccc2c1=O. The third kappa shape index (κ3) is 5.13. The molecule has 0 fully saturated rings. The highest BCUT2D eigenvalue weighted by molar-refractivity contribution is 5.80. The van der Waals surface area contributed by atoms with Crippen molar-refractivity contribution in [2.75, 3.05) is 13.1 Å². The molecule has 1 heterocycles. The molecule has 0 aliphatic rings. The van der Waals surface area contributed by atoms with Gasteiger partial charge in [0, 0.05) is 26.1 Å². The number of benzene rings is 2. The summed E-state index contributed by atoms with van der Waals surface area (Å²) in [5.41, 5.74) is 3.93. The van der Waals surface area contributed by atoms with E-state index in [0.29, 0.717) is 24.0 Å². The normalized spacial score (nSPS) is 11.2. The molecule has 2 aromatic carbocycles. The molecule has 0 unspecified atom stereocenters. The average molecular weight is 407 g/mol. The number of nitrogens with zero attached hydrogens (tertiary/aromatic N) is 3. The van der Waals surface area contributed by atoms with Crippen LogP contribution in [0.25, 0.3) is 10.9 Å². The lowest BCUT2D eigenvalue weighted by molar-refractivity contribution is -0.121. The Labute approximate surface area is 177 Å². The minimum Gasteiger partial charge on any atom is -0.352 e.